The number of alkyl halides is 1. The molecule has 20 heavy (non-hydrogen) atoms. The van der Waals surface area contributed by atoms with Gasteiger partial charge in [-0.3, -0.25) is 0 Å². The van der Waals surface area contributed by atoms with E-state index in [1.165, 1.54) is 21.1 Å². The van der Waals surface area contributed by atoms with Gasteiger partial charge in [0.15, 0.2) is 0 Å². The van der Waals surface area contributed by atoms with Crippen LogP contribution in [0.4, 0.5) is 4.39 Å². The number of nitrogens with zero attached hydrogens (tertiary/aromatic N) is 2. The molecule has 1 aromatic heterocycles. The van der Waals surface area contributed by atoms with E-state index in [0.29, 0.717) is 34.3 Å². The number of halogens is 1. The van der Waals surface area contributed by atoms with Gasteiger partial charge in [-0.25, -0.2) is 4.39 Å². The van der Waals surface area contributed by atoms with Crippen molar-refractivity contribution < 1.29 is 18.4 Å². The van der Waals surface area contributed by atoms with Crippen molar-refractivity contribution in [2.45, 2.75) is 19.6 Å². The van der Waals surface area contributed by atoms with Gasteiger partial charge in [0, 0.05) is 5.56 Å². The average molecular weight is 281 g/mol. The van der Waals surface area contributed by atoms with Gasteiger partial charge >= 0.3 is 0 Å². The van der Waals surface area contributed by atoms with Gasteiger partial charge in [0.25, 0.3) is 0 Å². The van der Waals surface area contributed by atoms with Crippen LogP contribution < -0.4 is 15.2 Å². The van der Waals surface area contributed by atoms with Crippen LogP contribution in [-0.4, -0.2) is 24.4 Å². The minimum absolute atomic E-state index is 0.145. The highest BCUT2D eigenvalue weighted by Crippen LogP contribution is 2.38. The number of benzene rings is 1. The van der Waals surface area contributed by atoms with E-state index in [2.05, 4.69) is 10.1 Å². The number of aromatic nitrogens is 2. The highest BCUT2D eigenvalue weighted by atomic mass is 19.1. The normalized spacial score (nSPS) is 12.2. The zero-order valence-corrected chi connectivity index (χ0v) is 11.5. The molecule has 0 bridgehead atoms. The van der Waals surface area contributed by atoms with Gasteiger partial charge < -0.3 is 19.7 Å². The molecule has 1 unspecified atom stereocenters. The van der Waals surface area contributed by atoms with Gasteiger partial charge in [0.05, 0.1) is 26.3 Å². The van der Waals surface area contributed by atoms with E-state index < -0.39 is 6.17 Å². The minimum atomic E-state index is -1.18. The molecule has 0 aliphatic rings. The standard InChI is InChI=1S/C13H16FN3O3/c1-7(14)8-4-11(19-3)9(5-10(8)18-2)13-16-12(6-15)20-17-13/h4-5,7H,6,15H2,1-3H3. The number of nitrogens with two attached hydrogens (primary N) is 1. The summed E-state index contributed by atoms with van der Waals surface area (Å²) >= 11 is 0. The molecule has 0 amide bonds. The average Bonchev–Trinajstić information content (AvgIpc) is 2.94. The predicted molar refractivity (Wildman–Crippen MR) is 70.3 cm³/mol. The molecule has 0 aliphatic carbocycles. The Labute approximate surface area is 115 Å². The Bertz CT molecular complexity index is 599. The van der Waals surface area contributed by atoms with E-state index in [1.54, 1.807) is 12.1 Å². The second kappa shape index (κ2) is 5.87. The van der Waals surface area contributed by atoms with Crippen molar-refractivity contribution in [2.24, 2.45) is 5.73 Å². The lowest BCUT2D eigenvalue weighted by molar-refractivity contribution is 0.342. The lowest BCUT2D eigenvalue weighted by atomic mass is 10.1. The summed E-state index contributed by atoms with van der Waals surface area (Å²) in [6.45, 7) is 1.57. The van der Waals surface area contributed by atoms with Gasteiger partial charge in [-0.2, -0.15) is 4.98 Å². The Kier molecular flexibility index (Phi) is 4.19. The van der Waals surface area contributed by atoms with E-state index in [-0.39, 0.29) is 6.54 Å². The Morgan fingerprint density at radius 2 is 2.00 bits per heavy atom. The number of hydrogen-bond donors (Lipinski definition) is 1. The maximum Gasteiger partial charge on any atom is 0.240 e. The summed E-state index contributed by atoms with van der Waals surface area (Å²) in [5.41, 5.74) is 6.38. The van der Waals surface area contributed by atoms with Crippen LogP contribution in [-0.2, 0) is 6.54 Å². The van der Waals surface area contributed by atoms with Crippen LogP contribution in [0.3, 0.4) is 0 Å². The first-order valence-corrected chi connectivity index (χ1v) is 6.03. The van der Waals surface area contributed by atoms with Gasteiger partial charge in [-0.1, -0.05) is 5.16 Å². The third-order valence-corrected chi connectivity index (χ3v) is 2.86. The van der Waals surface area contributed by atoms with Crippen molar-refractivity contribution in [3.63, 3.8) is 0 Å². The van der Waals surface area contributed by atoms with Crippen LogP contribution in [0.15, 0.2) is 16.7 Å². The van der Waals surface area contributed by atoms with E-state index in [0.717, 1.165) is 0 Å². The molecule has 108 valence electrons. The number of hydrogen-bond acceptors (Lipinski definition) is 6. The molecule has 0 saturated carbocycles. The smallest absolute Gasteiger partial charge is 0.240 e. The third kappa shape index (κ3) is 2.57. The first-order valence-electron chi connectivity index (χ1n) is 6.03. The molecule has 1 atom stereocenters. The van der Waals surface area contributed by atoms with Crippen molar-refractivity contribution in [2.75, 3.05) is 14.2 Å². The second-order valence-corrected chi connectivity index (χ2v) is 4.13. The maximum atomic E-state index is 13.6. The fourth-order valence-electron chi connectivity index (χ4n) is 1.85. The molecule has 0 radical (unpaired) electrons. The van der Waals surface area contributed by atoms with Gasteiger partial charge in [-0.15, -0.1) is 0 Å². The SMILES string of the molecule is COc1cc(C(C)F)c(OC)cc1-c1noc(CN)n1. The highest BCUT2D eigenvalue weighted by molar-refractivity contribution is 5.68. The minimum Gasteiger partial charge on any atom is -0.496 e. The Morgan fingerprint density at radius 3 is 2.50 bits per heavy atom. The van der Waals surface area contributed by atoms with Crippen LogP contribution in [0, 0.1) is 0 Å². The van der Waals surface area contributed by atoms with Crippen molar-refractivity contribution in [1.82, 2.24) is 10.1 Å². The Hall–Kier alpha value is -2.15. The van der Waals surface area contributed by atoms with Crippen LogP contribution in [0.1, 0.15) is 24.5 Å². The molecule has 0 saturated heterocycles. The molecule has 2 aromatic rings. The quantitative estimate of drug-likeness (QED) is 0.905. The summed E-state index contributed by atoms with van der Waals surface area (Å²) in [4.78, 5) is 4.13. The maximum absolute atomic E-state index is 13.6. The molecule has 6 nitrogen and oxygen atoms in total. The lowest BCUT2D eigenvalue weighted by Crippen LogP contribution is -1.99. The largest absolute Gasteiger partial charge is 0.496 e. The van der Waals surface area contributed by atoms with Gasteiger partial charge in [-0.05, 0) is 19.1 Å². The number of ether oxygens (including phenoxy) is 2. The summed E-state index contributed by atoms with van der Waals surface area (Å²) in [6, 6.07) is 3.19. The molecule has 7 heteroatoms. The monoisotopic (exact) mass is 281 g/mol. The summed E-state index contributed by atoms with van der Waals surface area (Å²) in [6.07, 6.45) is -1.18. The fraction of sp³-hybridized carbons (Fsp3) is 0.385. The summed E-state index contributed by atoms with van der Waals surface area (Å²) < 4.78 is 29.0. The van der Waals surface area contributed by atoms with Crippen molar-refractivity contribution in [3.05, 3.63) is 23.6 Å². The summed E-state index contributed by atoms with van der Waals surface area (Å²) in [7, 11) is 2.96. The highest BCUT2D eigenvalue weighted by Gasteiger charge is 2.19. The van der Waals surface area contributed by atoms with Crippen LogP contribution >= 0.6 is 0 Å². The van der Waals surface area contributed by atoms with Crippen LogP contribution in [0.5, 0.6) is 11.5 Å². The van der Waals surface area contributed by atoms with E-state index >= 15 is 0 Å². The predicted octanol–water partition coefficient (Wildman–Crippen LogP) is 2.24. The molecule has 1 heterocycles. The zero-order chi connectivity index (χ0) is 14.7. The molecule has 0 aliphatic heterocycles. The molecular weight excluding hydrogens is 265 g/mol. The van der Waals surface area contributed by atoms with Crippen LogP contribution in [0.2, 0.25) is 0 Å². The summed E-state index contributed by atoms with van der Waals surface area (Å²) in [5, 5.41) is 3.82. The second-order valence-electron chi connectivity index (χ2n) is 4.13. The Balaban J connectivity index is 2.57. The first-order chi connectivity index (χ1) is 9.60. The molecule has 1 aromatic carbocycles. The lowest BCUT2D eigenvalue weighted by Gasteiger charge is -2.14. The van der Waals surface area contributed by atoms with Crippen molar-refractivity contribution >= 4 is 0 Å². The van der Waals surface area contributed by atoms with Crippen molar-refractivity contribution in [3.8, 4) is 22.9 Å². The topological polar surface area (TPSA) is 83.4 Å². The van der Waals surface area contributed by atoms with Crippen LogP contribution in [0.25, 0.3) is 11.4 Å². The van der Waals surface area contributed by atoms with Crippen molar-refractivity contribution in [1.29, 1.82) is 0 Å². The van der Waals surface area contributed by atoms with Gasteiger partial charge in [0.2, 0.25) is 11.7 Å². The molecule has 2 rings (SSSR count). The Morgan fingerprint density at radius 1 is 1.30 bits per heavy atom. The third-order valence-electron chi connectivity index (χ3n) is 2.86. The molecule has 2 N–H and O–H groups in total. The molecule has 0 fully saturated rings. The molecule has 0 spiro atoms. The van der Waals surface area contributed by atoms with Gasteiger partial charge in [0.1, 0.15) is 17.7 Å². The molecular formula is C13H16FN3O3. The summed E-state index contributed by atoms with van der Waals surface area (Å²) in [5.74, 6) is 1.46. The first kappa shape index (κ1) is 14.3. The van der Waals surface area contributed by atoms with E-state index in [1.807, 2.05) is 0 Å². The zero-order valence-electron chi connectivity index (χ0n) is 11.5. The number of rotatable bonds is 5. The van der Waals surface area contributed by atoms with E-state index in [4.69, 9.17) is 19.7 Å². The number of methoxy groups -OCH3 is 2. The fourth-order valence-corrected chi connectivity index (χ4v) is 1.85. The van der Waals surface area contributed by atoms with E-state index in [9.17, 15) is 4.39 Å².